The first-order valence-corrected chi connectivity index (χ1v) is 6.55. The Morgan fingerprint density at radius 3 is 2.06 bits per heavy atom. The number of ether oxygens (including phenoxy) is 1. The van der Waals surface area contributed by atoms with Crippen LogP contribution in [-0.4, -0.2) is 12.6 Å². The van der Waals surface area contributed by atoms with Gasteiger partial charge >= 0.3 is 5.97 Å². The van der Waals surface area contributed by atoms with Gasteiger partial charge < -0.3 is 4.74 Å². The van der Waals surface area contributed by atoms with E-state index in [-0.39, 0.29) is 5.97 Å². The van der Waals surface area contributed by atoms with E-state index in [4.69, 9.17) is 4.74 Å². The smallest absolute Gasteiger partial charge is 0.384 e. The zero-order valence-corrected chi connectivity index (χ0v) is 10.1. The van der Waals surface area contributed by atoms with Crippen LogP contribution in [0.5, 0.6) is 0 Å². The Bertz CT molecular complexity index is 247. The molecule has 0 aromatic carbocycles. The fraction of sp³-hybridized carbons (Fsp3) is 0.786. The molecule has 0 aromatic heterocycles. The third-order valence-corrected chi connectivity index (χ3v) is 2.87. The second kappa shape index (κ2) is 9.27. The Balaban J connectivity index is 2.24. The zero-order chi connectivity index (χ0) is 11.5. The van der Waals surface area contributed by atoms with E-state index in [9.17, 15) is 4.79 Å². The number of esters is 1. The third-order valence-electron chi connectivity index (χ3n) is 2.87. The Morgan fingerprint density at radius 1 is 0.812 bits per heavy atom. The lowest BCUT2D eigenvalue weighted by molar-refractivity contribution is -0.136. The Kier molecular flexibility index (Phi) is 7.59. The minimum atomic E-state index is -0.352. The van der Waals surface area contributed by atoms with Crippen LogP contribution in [0.15, 0.2) is 0 Å². The average molecular weight is 222 g/mol. The van der Waals surface area contributed by atoms with Crippen LogP contribution in [-0.2, 0) is 9.53 Å². The van der Waals surface area contributed by atoms with Gasteiger partial charge in [0.2, 0.25) is 0 Å². The summed E-state index contributed by atoms with van der Waals surface area (Å²) in [5, 5.41) is 0. The highest BCUT2D eigenvalue weighted by Gasteiger charge is 1.98. The van der Waals surface area contributed by atoms with E-state index in [0.717, 1.165) is 19.3 Å². The molecule has 1 aliphatic rings. The Hall–Kier alpha value is -0.970. The molecule has 2 heteroatoms. The normalized spacial score (nSPS) is 20.9. The Labute approximate surface area is 98.8 Å². The number of hydrogen-bond acceptors (Lipinski definition) is 2. The standard InChI is InChI=1S/C14H22O2/c15-14-12-10-8-6-4-2-1-3-5-7-9-11-13-16-14/h1-9,11,13H2. The summed E-state index contributed by atoms with van der Waals surface area (Å²) in [6, 6.07) is 0. The summed E-state index contributed by atoms with van der Waals surface area (Å²) >= 11 is 0. The van der Waals surface area contributed by atoms with Crippen LogP contribution in [0.3, 0.4) is 0 Å². The Morgan fingerprint density at radius 2 is 1.38 bits per heavy atom. The van der Waals surface area contributed by atoms with Crippen molar-refractivity contribution >= 4 is 5.97 Å². The maximum absolute atomic E-state index is 11.1. The van der Waals surface area contributed by atoms with E-state index in [1.165, 1.54) is 44.9 Å². The van der Waals surface area contributed by atoms with Crippen molar-refractivity contribution in [3.8, 4) is 11.8 Å². The summed E-state index contributed by atoms with van der Waals surface area (Å²) in [4.78, 5) is 11.1. The van der Waals surface area contributed by atoms with Gasteiger partial charge in [-0.3, -0.25) is 0 Å². The van der Waals surface area contributed by atoms with Gasteiger partial charge in [-0.15, -0.1) is 0 Å². The van der Waals surface area contributed by atoms with Crippen molar-refractivity contribution in [3.05, 3.63) is 0 Å². The molecule has 16 heavy (non-hydrogen) atoms. The molecule has 0 amide bonds. The molecule has 0 bridgehead atoms. The van der Waals surface area contributed by atoms with Crippen molar-refractivity contribution in [2.75, 3.05) is 6.61 Å². The predicted octanol–water partition coefficient (Wildman–Crippen LogP) is 3.45. The van der Waals surface area contributed by atoms with Crippen molar-refractivity contribution in [1.82, 2.24) is 0 Å². The summed E-state index contributed by atoms with van der Waals surface area (Å²) in [6.45, 7) is 0.535. The zero-order valence-electron chi connectivity index (χ0n) is 10.1. The summed E-state index contributed by atoms with van der Waals surface area (Å²) in [7, 11) is 0. The molecule has 0 unspecified atom stereocenters. The first-order valence-electron chi connectivity index (χ1n) is 6.55. The fourth-order valence-electron chi connectivity index (χ4n) is 1.89. The summed E-state index contributed by atoms with van der Waals surface area (Å²) < 4.78 is 5.01. The summed E-state index contributed by atoms with van der Waals surface area (Å²) in [5.74, 6) is 5.07. The highest BCUT2D eigenvalue weighted by Crippen LogP contribution is 2.10. The topological polar surface area (TPSA) is 26.3 Å². The van der Waals surface area contributed by atoms with Crippen molar-refractivity contribution in [2.24, 2.45) is 0 Å². The maximum atomic E-state index is 11.1. The molecule has 0 saturated carbocycles. The number of rotatable bonds is 0. The van der Waals surface area contributed by atoms with E-state index in [1.54, 1.807) is 0 Å². The molecule has 0 fully saturated rings. The molecule has 90 valence electrons. The van der Waals surface area contributed by atoms with Crippen LogP contribution in [0.4, 0.5) is 0 Å². The van der Waals surface area contributed by atoms with Crippen molar-refractivity contribution in [2.45, 2.75) is 64.2 Å². The van der Waals surface area contributed by atoms with E-state index in [1.807, 2.05) is 0 Å². The van der Waals surface area contributed by atoms with Gasteiger partial charge in [-0.25, -0.2) is 4.79 Å². The molecule has 1 heterocycles. The second-order valence-corrected chi connectivity index (χ2v) is 4.37. The van der Waals surface area contributed by atoms with Crippen LogP contribution in [0, 0.1) is 11.8 Å². The minimum Gasteiger partial charge on any atom is -0.456 e. The van der Waals surface area contributed by atoms with E-state index in [0.29, 0.717) is 6.61 Å². The first kappa shape index (κ1) is 13.1. The van der Waals surface area contributed by atoms with Crippen LogP contribution < -0.4 is 0 Å². The maximum Gasteiger partial charge on any atom is 0.384 e. The van der Waals surface area contributed by atoms with Crippen molar-refractivity contribution in [3.63, 3.8) is 0 Å². The van der Waals surface area contributed by atoms with Gasteiger partial charge in [0, 0.05) is 12.3 Å². The lowest BCUT2D eigenvalue weighted by Crippen LogP contribution is -2.02. The second-order valence-electron chi connectivity index (χ2n) is 4.37. The molecule has 0 saturated heterocycles. The van der Waals surface area contributed by atoms with Gasteiger partial charge in [0.1, 0.15) is 0 Å². The van der Waals surface area contributed by atoms with E-state index in [2.05, 4.69) is 11.8 Å². The molecular formula is C14H22O2. The SMILES string of the molecule is O=C1C#CCCCCCCCCCCCO1. The lowest BCUT2D eigenvalue weighted by Gasteiger charge is -2.02. The highest BCUT2D eigenvalue weighted by molar-refractivity contribution is 5.88. The number of carbonyl (C=O) groups is 1. The monoisotopic (exact) mass is 222 g/mol. The molecular weight excluding hydrogens is 200 g/mol. The summed E-state index contributed by atoms with van der Waals surface area (Å²) in [5.41, 5.74) is 0. The number of carbonyl (C=O) groups excluding carboxylic acids is 1. The van der Waals surface area contributed by atoms with Crippen molar-refractivity contribution in [1.29, 1.82) is 0 Å². The lowest BCUT2D eigenvalue weighted by atomic mass is 10.1. The van der Waals surface area contributed by atoms with Gasteiger partial charge in [-0.05, 0) is 12.8 Å². The molecule has 0 radical (unpaired) electrons. The van der Waals surface area contributed by atoms with Crippen LogP contribution in [0.2, 0.25) is 0 Å². The van der Waals surface area contributed by atoms with Gasteiger partial charge in [0.25, 0.3) is 0 Å². The third kappa shape index (κ3) is 7.34. The first-order chi connectivity index (χ1) is 7.89. The molecule has 1 rings (SSSR count). The van der Waals surface area contributed by atoms with Crippen molar-refractivity contribution < 1.29 is 9.53 Å². The number of cyclic esters (lactones) is 1. The molecule has 0 aromatic rings. The molecule has 0 N–H and O–H groups in total. The molecule has 0 atom stereocenters. The molecule has 0 aliphatic carbocycles. The van der Waals surface area contributed by atoms with Gasteiger partial charge in [0.05, 0.1) is 6.61 Å². The molecule has 2 nitrogen and oxygen atoms in total. The summed E-state index contributed by atoms with van der Waals surface area (Å²) in [6.07, 6.45) is 11.9. The predicted molar refractivity (Wildman–Crippen MR) is 64.9 cm³/mol. The van der Waals surface area contributed by atoms with E-state index < -0.39 is 0 Å². The van der Waals surface area contributed by atoms with Crippen LogP contribution in [0.25, 0.3) is 0 Å². The quantitative estimate of drug-likeness (QED) is 0.356. The van der Waals surface area contributed by atoms with Gasteiger partial charge in [-0.2, -0.15) is 0 Å². The highest BCUT2D eigenvalue weighted by atomic mass is 16.5. The van der Waals surface area contributed by atoms with Gasteiger partial charge in [-0.1, -0.05) is 50.9 Å². The van der Waals surface area contributed by atoms with E-state index >= 15 is 0 Å². The van der Waals surface area contributed by atoms with Gasteiger partial charge in [0.15, 0.2) is 0 Å². The van der Waals surface area contributed by atoms with Crippen LogP contribution in [0.1, 0.15) is 64.2 Å². The van der Waals surface area contributed by atoms with Crippen LogP contribution >= 0.6 is 0 Å². The molecule has 1 aliphatic heterocycles. The number of hydrogen-bond donors (Lipinski definition) is 0. The fourth-order valence-corrected chi connectivity index (χ4v) is 1.89. The average Bonchev–Trinajstić information content (AvgIpc) is 2.29. The largest absolute Gasteiger partial charge is 0.456 e. The molecule has 0 spiro atoms. The minimum absolute atomic E-state index is 0.352.